The van der Waals surface area contributed by atoms with E-state index in [9.17, 15) is 4.79 Å². The van der Waals surface area contributed by atoms with Crippen molar-refractivity contribution in [1.29, 1.82) is 0 Å². The van der Waals surface area contributed by atoms with Gasteiger partial charge in [0.15, 0.2) is 11.0 Å². The molecular formula is C28H30N4O2S. The van der Waals surface area contributed by atoms with Gasteiger partial charge in [0.25, 0.3) is 0 Å². The maximum Gasteiger partial charge on any atom is 0.233 e. The quantitative estimate of drug-likeness (QED) is 0.310. The van der Waals surface area contributed by atoms with Crippen LogP contribution in [0.2, 0.25) is 0 Å². The van der Waals surface area contributed by atoms with Gasteiger partial charge in [0, 0.05) is 12.2 Å². The number of aryl methyl sites for hydroxylation is 1. The fraction of sp³-hybridized carbons (Fsp3) is 0.250. The van der Waals surface area contributed by atoms with Crippen molar-refractivity contribution in [2.24, 2.45) is 0 Å². The van der Waals surface area contributed by atoms with E-state index in [1.54, 1.807) is 7.11 Å². The molecule has 0 aliphatic carbocycles. The average molecular weight is 487 g/mol. The van der Waals surface area contributed by atoms with Crippen LogP contribution in [0.3, 0.4) is 0 Å². The van der Waals surface area contributed by atoms with E-state index in [0.29, 0.717) is 23.3 Å². The molecule has 180 valence electrons. The van der Waals surface area contributed by atoms with Crippen LogP contribution in [0.25, 0.3) is 17.1 Å². The molecule has 2 atom stereocenters. The number of para-hydroxylation sites is 1. The lowest BCUT2D eigenvalue weighted by molar-refractivity contribution is -0.120. The minimum Gasteiger partial charge on any atom is -0.496 e. The molecule has 1 amide bonds. The Kier molecular flexibility index (Phi) is 7.87. The molecule has 1 N–H and O–H groups in total. The molecule has 4 aromatic rings. The van der Waals surface area contributed by atoms with Gasteiger partial charge in [-0.2, -0.15) is 0 Å². The maximum absolute atomic E-state index is 12.9. The molecule has 0 spiro atoms. The standard InChI is InChI=1S/C28H30N4O2S/c1-19-14-16-23(17-15-19)32-26(24-12-8-9-13-25(24)34-4)30-31-28(32)35-21(3)27(33)29-18-20(2)22-10-6-5-7-11-22/h5-17,20-21H,18H2,1-4H3,(H,29,33). The number of amides is 1. The van der Waals surface area contributed by atoms with E-state index in [-0.39, 0.29) is 17.1 Å². The number of aromatic nitrogens is 3. The van der Waals surface area contributed by atoms with Gasteiger partial charge in [-0.15, -0.1) is 10.2 Å². The van der Waals surface area contributed by atoms with Crippen LogP contribution < -0.4 is 10.1 Å². The summed E-state index contributed by atoms with van der Waals surface area (Å²) in [5.74, 6) is 1.57. The topological polar surface area (TPSA) is 69.0 Å². The van der Waals surface area contributed by atoms with Crippen LogP contribution in [0.15, 0.2) is 84.0 Å². The van der Waals surface area contributed by atoms with E-state index in [1.165, 1.54) is 17.3 Å². The molecule has 1 aromatic heterocycles. The summed E-state index contributed by atoms with van der Waals surface area (Å²) in [5.41, 5.74) is 4.13. The predicted molar refractivity (Wildman–Crippen MR) is 141 cm³/mol. The molecule has 7 heteroatoms. The number of ether oxygens (including phenoxy) is 1. The Balaban J connectivity index is 1.57. The summed E-state index contributed by atoms with van der Waals surface area (Å²) >= 11 is 1.39. The molecule has 0 bridgehead atoms. The molecule has 1 heterocycles. The summed E-state index contributed by atoms with van der Waals surface area (Å²) in [7, 11) is 1.64. The van der Waals surface area contributed by atoms with Gasteiger partial charge >= 0.3 is 0 Å². The second-order valence-corrected chi connectivity index (χ2v) is 9.80. The van der Waals surface area contributed by atoms with Crippen molar-refractivity contribution < 1.29 is 9.53 Å². The van der Waals surface area contributed by atoms with Crippen molar-refractivity contribution >= 4 is 17.7 Å². The highest BCUT2D eigenvalue weighted by Gasteiger charge is 2.23. The zero-order valence-electron chi connectivity index (χ0n) is 20.4. The third-order valence-corrected chi connectivity index (χ3v) is 6.92. The van der Waals surface area contributed by atoms with E-state index in [2.05, 4.69) is 53.6 Å². The van der Waals surface area contributed by atoms with Gasteiger partial charge in [0.05, 0.1) is 17.9 Å². The van der Waals surface area contributed by atoms with Crippen LogP contribution >= 0.6 is 11.8 Å². The number of carbonyl (C=O) groups excluding carboxylic acids is 1. The lowest BCUT2D eigenvalue weighted by Gasteiger charge is -2.17. The molecule has 35 heavy (non-hydrogen) atoms. The largest absolute Gasteiger partial charge is 0.496 e. The second kappa shape index (κ2) is 11.2. The second-order valence-electron chi connectivity index (χ2n) is 8.49. The van der Waals surface area contributed by atoms with Gasteiger partial charge in [-0.1, -0.05) is 78.8 Å². The molecule has 0 aliphatic rings. The number of nitrogens with one attached hydrogen (secondary N) is 1. The van der Waals surface area contributed by atoms with E-state index < -0.39 is 0 Å². The Hall–Kier alpha value is -3.58. The van der Waals surface area contributed by atoms with Crippen molar-refractivity contribution in [3.05, 3.63) is 90.0 Å². The molecule has 4 rings (SSSR count). The van der Waals surface area contributed by atoms with Gasteiger partial charge in [0.1, 0.15) is 5.75 Å². The van der Waals surface area contributed by atoms with Gasteiger partial charge < -0.3 is 10.1 Å². The van der Waals surface area contributed by atoms with Crippen LogP contribution in [-0.2, 0) is 4.79 Å². The van der Waals surface area contributed by atoms with E-state index in [1.807, 2.05) is 66.1 Å². The van der Waals surface area contributed by atoms with Crippen molar-refractivity contribution in [2.75, 3.05) is 13.7 Å². The molecule has 0 aliphatic heterocycles. The molecule has 0 radical (unpaired) electrons. The van der Waals surface area contributed by atoms with Gasteiger partial charge in [-0.05, 0) is 49.6 Å². The van der Waals surface area contributed by atoms with E-state index >= 15 is 0 Å². The number of hydrogen-bond donors (Lipinski definition) is 1. The highest BCUT2D eigenvalue weighted by molar-refractivity contribution is 8.00. The Morgan fingerprint density at radius 2 is 1.66 bits per heavy atom. The highest BCUT2D eigenvalue weighted by Crippen LogP contribution is 2.34. The monoisotopic (exact) mass is 486 g/mol. The van der Waals surface area contributed by atoms with Crippen LogP contribution in [-0.4, -0.2) is 39.6 Å². The van der Waals surface area contributed by atoms with Crippen molar-refractivity contribution in [3.8, 4) is 22.8 Å². The summed E-state index contributed by atoms with van der Waals surface area (Å²) in [4.78, 5) is 12.9. The normalized spacial score (nSPS) is 12.7. The van der Waals surface area contributed by atoms with Crippen molar-refractivity contribution in [1.82, 2.24) is 20.1 Å². The lowest BCUT2D eigenvalue weighted by atomic mass is 10.0. The third kappa shape index (κ3) is 5.74. The molecule has 2 unspecified atom stereocenters. The molecule has 0 saturated heterocycles. The first-order valence-electron chi connectivity index (χ1n) is 11.6. The summed E-state index contributed by atoms with van der Waals surface area (Å²) < 4.78 is 7.56. The van der Waals surface area contributed by atoms with Gasteiger partial charge in [-0.3, -0.25) is 9.36 Å². The summed E-state index contributed by atoms with van der Waals surface area (Å²) in [5, 5.41) is 12.4. The zero-order valence-corrected chi connectivity index (χ0v) is 21.3. The Bertz CT molecular complexity index is 1270. The summed E-state index contributed by atoms with van der Waals surface area (Å²) in [6.45, 7) is 6.63. The van der Waals surface area contributed by atoms with E-state index in [0.717, 1.165) is 16.8 Å². The first-order valence-corrected chi connectivity index (χ1v) is 12.5. The number of methoxy groups -OCH3 is 1. The third-order valence-electron chi connectivity index (χ3n) is 5.88. The maximum atomic E-state index is 12.9. The first kappa shape index (κ1) is 24.5. The SMILES string of the molecule is COc1ccccc1-c1nnc(SC(C)C(=O)NCC(C)c2ccccc2)n1-c1ccc(C)cc1. The zero-order chi connectivity index (χ0) is 24.8. The molecular weight excluding hydrogens is 456 g/mol. The number of hydrogen-bond acceptors (Lipinski definition) is 5. The minimum absolute atomic E-state index is 0.0323. The number of rotatable bonds is 9. The number of nitrogens with zero attached hydrogens (tertiary/aromatic N) is 3. The van der Waals surface area contributed by atoms with Crippen LogP contribution in [0.1, 0.15) is 30.9 Å². The Labute approximate surface area is 210 Å². The smallest absolute Gasteiger partial charge is 0.233 e. The van der Waals surface area contributed by atoms with Crippen molar-refractivity contribution in [3.63, 3.8) is 0 Å². The van der Waals surface area contributed by atoms with Gasteiger partial charge in [0.2, 0.25) is 5.91 Å². The first-order chi connectivity index (χ1) is 17.0. The average Bonchev–Trinajstić information content (AvgIpc) is 3.31. The van der Waals surface area contributed by atoms with E-state index in [4.69, 9.17) is 4.74 Å². The van der Waals surface area contributed by atoms with Crippen LogP contribution in [0.5, 0.6) is 5.75 Å². The minimum atomic E-state index is -0.350. The van der Waals surface area contributed by atoms with Crippen LogP contribution in [0, 0.1) is 6.92 Å². The number of thioether (sulfide) groups is 1. The Morgan fingerprint density at radius 3 is 2.37 bits per heavy atom. The predicted octanol–water partition coefficient (Wildman–Crippen LogP) is 5.65. The highest BCUT2D eigenvalue weighted by atomic mass is 32.2. The van der Waals surface area contributed by atoms with Crippen LogP contribution in [0.4, 0.5) is 0 Å². The molecule has 0 fully saturated rings. The molecule has 6 nitrogen and oxygen atoms in total. The fourth-order valence-corrected chi connectivity index (χ4v) is 4.68. The summed E-state index contributed by atoms with van der Waals surface area (Å²) in [6.07, 6.45) is 0. The number of benzene rings is 3. The van der Waals surface area contributed by atoms with Crippen molar-refractivity contribution in [2.45, 2.75) is 37.1 Å². The lowest BCUT2D eigenvalue weighted by Crippen LogP contribution is -2.33. The van der Waals surface area contributed by atoms with Gasteiger partial charge in [-0.25, -0.2) is 0 Å². The number of carbonyl (C=O) groups is 1. The molecule has 0 saturated carbocycles. The fourth-order valence-electron chi connectivity index (χ4n) is 3.79. The summed E-state index contributed by atoms with van der Waals surface area (Å²) in [6, 6.07) is 26.1. The Morgan fingerprint density at radius 1 is 0.971 bits per heavy atom. The molecule has 3 aromatic carbocycles.